The third-order valence-corrected chi connectivity index (χ3v) is 14.0. The molecule has 0 saturated heterocycles. The molecule has 0 aromatic heterocycles. The Balaban J connectivity index is 0.967. The lowest BCUT2D eigenvalue weighted by Gasteiger charge is -2.20. The van der Waals surface area contributed by atoms with Gasteiger partial charge in [-0.15, -0.1) is 0 Å². The average molecular weight is 861 g/mol. The molecule has 0 nitrogen and oxygen atoms in total. The van der Waals surface area contributed by atoms with Crippen LogP contribution in [0.15, 0.2) is 255 Å². The Kier molecular flexibility index (Phi) is 9.62. The van der Waals surface area contributed by atoms with Gasteiger partial charge in [0.15, 0.2) is 0 Å². The van der Waals surface area contributed by atoms with Crippen LogP contribution in [-0.2, 0) is 0 Å². The van der Waals surface area contributed by atoms with Crippen molar-refractivity contribution in [2.24, 2.45) is 0 Å². The van der Waals surface area contributed by atoms with Crippen molar-refractivity contribution >= 4 is 76.8 Å². The number of benzene rings is 13. The molecule has 0 N–H and O–H groups in total. The fourth-order valence-electron chi connectivity index (χ4n) is 10.8. The van der Waals surface area contributed by atoms with Gasteiger partial charge in [0, 0.05) is 0 Å². The Morgan fingerprint density at radius 1 is 0.176 bits per heavy atom. The highest BCUT2D eigenvalue weighted by Gasteiger charge is 2.20. The molecule has 0 radical (unpaired) electrons. The summed E-state index contributed by atoms with van der Waals surface area (Å²) < 4.78 is 0. The summed E-state index contributed by atoms with van der Waals surface area (Å²) in [6.07, 6.45) is 4.40. The van der Waals surface area contributed by atoms with E-state index < -0.39 is 0 Å². The van der Waals surface area contributed by atoms with Crippen LogP contribution in [0.25, 0.3) is 132 Å². The lowest BCUT2D eigenvalue weighted by atomic mass is 9.84. The van der Waals surface area contributed by atoms with Crippen LogP contribution >= 0.6 is 0 Å². The molecule has 13 aromatic rings. The topological polar surface area (TPSA) is 0 Å². The quantitative estimate of drug-likeness (QED) is 0.111. The van der Waals surface area contributed by atoms with Crippen molar-refractivity contribution < 1.29 is 0 Å². The summed E-state index contributed by atoms with van der Waals surface area (Å²) in [7, 11) is 0. The number of fused-ring (bicyclic) bond motifs is 6. The van der Waals surface area contributed by atoms with Crippen molar-refractivity contribution in [1.29, 1.82) is 0 Å². The standard InChI is InChI=1S/C68H44/c1-2-15-45(16-3-1)29-30-46-17-14-22-54(41-46)66-59-25-10-8-23-57(59)65(58-24-9-11-26-60(58)66)50-35-31-49(32-36-50)53-39-40-63-64(44-53)68(56-38-34-48-19-5-7-21-52(48)43-56)62-28-13-12-27-61(62)67(63)55-37-33-47-18-4-6-20-51(47)42-55/h1-44H. The van der Waals surface area contributed by atoms with Gasteiger partial charge in [-0.05, 0) is 156 Å². The molecule has 0 unspecified atom stereocenters. The molecule has 0 aliphatic carbocycles. The fourth-order valence-corrected chi connectivity index (χ4v) is 10.8. The Morgan fingerprint density at radius 2 is 0.544 bits per heavy atom. The number of hydrogen-bond acceptors (Lipinski definition) is 0. The summed E-state index contributed by atoms with van der Waals surface area (Å²) in [5.74, 6) is 0. The fraction of sp³-hybridized carbons (Fsp3) is 0. The lowest BCUT2D eigenvalue weighted by Crippen LogP contribution is -1.92. The van der Waals surface area contributed by atoms with Crippen LogP contribution in [0.2, 0.25) is 0 Å². The van der Waals surface area contributed by atoms with E-state index in [4.69, 9.17) is 0 Å². The lowest BCUT2D eigenvalue weighted by molar-refractivity contribution is 1.62. The first-order valence-corrected chi connectivity index (χ1v) is 23.6. The molecule has 0 heteroatoms. The van der Waals surface area contributed by atoms with E-state index in [1.807, 2.05) is 0 Å². The number of hydrogen-bond donors (Lipinski definition) is 0. The Morgan fingerprint density at radius 3 is 1.09 bits per heavy atom. The molecule has 0 bridgehead atoms. The van der Waals surface area contributed by atoms with E-state index in [2.05, 4.69) is 267 Å². The first kappa shape index (κ1) is 39.5. The van der Waals surface area contributed by atoms with Crippen molar-refractivity contribution in [3.8, 4) is 55.6 Å². The zero-order valence-corrected chi connectivity index (χ0v) is 37.4. The Bertz CT molecular complexity index is 4060. The van der Waals surface area contributed by atoms with E-state index in [1.54, 1.807) is 0 Å². The van der Waals surface area contributed by atoms with Crippen molar-refractivity contribution in [3.63, 3.8) is 0 Å². The molecule has 0 spiro atoms. The van der Waals surface area contributed by atoms with Gasteiger partial charge in [0.05, 0.1) is 0 Å². The predicted octanol–water partition coefficient (Wildman–Crippen LogP) is 19.1. The van der Waals surface area contributed by atoms with Gasteiger partial charge in [-0.25, -0.2) is 0 Å². The Labute approximate surface area is 396 Å². The van der Waals surface area contributed by atoms with E-state index in [1.165, 1.54) is 131 Å². The van der Waals surface area contributed by atoms with Gasteiger partial charge in [-0.3, -0.25) is 0 Å². The number of rotatable bonds is 7. The van der Waals surface area contributed by atoms with Gasteiger partial charge in [0.25, 0.3) is 0 Å². The summed E-state index contributed by atoms with van der Waals surface area (Å²) in [4.78, 5) is 0. The molecule has 0 heterocycles. The maximum absolute atomic E-state index is 2.44. The smallest absolute Gasteiger partial charge is 0.00259 e. The van der Waals surface area contributed by atoms with E-state index in [0.29, 0.717) is 0 Å². The molecule has 316 valence electrons. The molecule has 0 amide bonds. The average Bonchev–Trinajstić information content (AvgIpc) is 3.41. The predicted molar refractivity (Wildman–Crippen MR) is 294 cm³/mol. The molecule has 68 heavy (non-hydrogen) atoms. The van der Waals surface area contributed by atoms with Gasteiger partial charge in [-0.2, -0.15) is 0 Å². The van der Waals surface area contributed by atoms with Gasteiger partial charge in [0.1, 0.15) is 0 Å². The molecule has 0 aliphatic rings. The van der Waals surface area contributed by atoms with Gasteiger partial charge >= 0.3 is 0 Å². The summed E-state index contributed by atoms with van der Waals surface area (Å²) in [6, 6.07) is 94.0. The van der Waals surface area contributed by atoms with Crippen LogP contribution in [0.3, 0.4) is 0 Å². The molecule has 0 fully saturated rings. The van der Waals surface area contributed by atoms with Crippen molar-refractivity contribution in [3.05, 3.63) is 266 Å². The monoisotopic (exact) mass is 860 g/mol. The SMILES string of the molecule is C(=Cc1cccc(-c2c3ccccc3c(-c3ccc(-c4ccc5c(-c6ccc7ccccc7c6)c6ccccc6c(-c6ccc7ccccc7c6)c5c4)cc3)c3ccccc23)c1)c1ccccc1. The summed E-state index contributed by atoms with van der Waals surface area (Å²) in [5, 5.41) is 15.0. The van der Waals surface area contributed by atoms with Crippen LogP contribution in [0.4, 0.5) is 0 Å². The molecule has 0 aliphatic heterocycles. The summed E-state index contributed by atoms with van der Waals surface area (Å²) in [6.45, 7) is 0. The van der Waals surface area contributed by atoms with Crippen LogP contribution in [0.5, 0.6) is 0 Å². The largest absolute Gasteiger partial charge is 0.0622 e. The molecule has 0 saturated carbocycles. The highest BCUT2D eigenvalue weighted by atomic mass is 14.2. The minimum atomic E-state index is 1.18. The van der Waals surface area contributed by atoms with Gasteiger partial charge in [0.2, 0.25) is 0 Å². The molecule has 13 aromatic carbocycles. The highest BCUT2D eigenvalue weighted by molar-refractivity contribution is 6.24. The van der Waals surface area contributed by atoms with Crippen LogP contribution in [0, 0.1) is 0 Å². The normalized spacial score (nSPS) is 11.8. The molecular weight excluding hydrogens is 817 g/mol. The second kappa shape index (κ2) is 16.5. The van der Waals surface area contributed by atoms with E-state index >= 15 is 0 Å². The van der Waals surface area contributed by atoms with Crippen LogP contribution in [-0.4, -0.2) is 0 Å². The highest BCUT2D eigenvalue weighted by Crippen LogP contribution is 2.47. The summed E-state index contributed by atoms with van der Waals surface area (Å²) >= 11 is 0. The first-order valence-electron chi connectivity index (χ1n) is 23.6. The minimum Gasteiger partial charge on any atom is -0.0622 e. The van der Waals surface area contributed by atoms with E-state index in [9.17, 15) is 0 Å². The second-order valence-electron chi connectivity index (χ2n) is 18.0. The minimum absolute atomic E-state index is 1.18. The maximum Gasteiger partial charge on any atom is -0.00259 e. The maximum atomic E-state index is 2.44. The summed E-state index contributed by atoms with van der Waals surface area (Å²) in [5.41, 5.74) is 14.7. The van der Waals surface area contributed by atoms with Gasteiger partial charge in [-0.1, -0.05) is 243 Å². The zero-order chi connectivity index (χ0) is 45.0. The molecule has 13 rings (SSSR count). The Hall–Kier alpha value is -8.84. The van der Waals surface area contributed by atoms with Crippen molar-refractivity contribution in [1.82, 2.24) is 0 Å². The molecular formula is C68H44. The second-order valence-corrected chi connectivity index (χ2v) is 18.0. The zero-order valence-electron chi connectivity index (χ0n) is 37.4. The third-order valence-electron chi connectivity index (χ3n) is 14.0. The van der Waals surface area contributed by atoms with Crippen LogP contribution < -0.4 is 0 Å². The van der Waals surface area contributed by atoms with E-state index in [-0.39, 0.29) is 0 Å². The van der Waals surface area contributed by atoms with Crippen molar-refractivity contribution in [2.45, 2.75) is 0 Å². The van der Waals surface area contributed by atoms with E-state index in [0.717, 1.165) is 0 Å². The van der Waals surface area contributed by atoms with Crippen molar-refractivity contribution in [2.75, 3.05) is 0 Å². The van der Waals surface area contributed by atoms with Crippen LogP contribution in [0.1, 0.15) is 11.1 Å². The van der Waals surface area contributed by atoms with Gasteiger partial charge < -0.3 is 0 Å². The molecule has 0 atom stereocenters. The first-order chi connectivity index (χ1) is 33.7. The third kappa shape index (κ3) is 6.86.